The molecule has 0 unspecified atom stereocenters. The molecule has 136 valence electrons. The van der Waals surface area contributed by atoms with Gasteiger partial charge in [0.2, 0.25) is 0 Å². The molecule has 0 saturated heterocycles. The van der Waals surface area contributed by atoms with Crippen molar-refractivity contribution in [3.05, 3.63) is 59.7 Å². The molecule has 0 aliphatic heterocycles. The Hall–Kier alpha value is -2.53. The lowest BCUT2D eigenvalue weighted by Crippen LogP contribution is -2.08. The molecule has 0 atom stereocenters. The van der Waals surface area contributed by atoms with Crippen LogP contribution in [-0.2, 0) is 17.6 Å². The van der Waals surface area contributed by atoms with Crippen molar-refractivity contribution in [3.8, 4) is 0 Å². The van der Waals surface area contributed by atoms with E-state index < -0.39 is 5.97 Å². The van der Waals surface area contributed by atoms with Gasteiger partial charge in [-0.3, -0.25) is 4.79 Å². The van der Waals surface area contributed by atoms with Crippen LogP contribution in [0, 0.1) is 0 Å². The minimum absolute atomic E-state index is 0.0910. The molecular formula is C20H28N2O3. The van der Waals surface area contributed by atoms with Crippen molar-refractivity contribution < 1.29 is 15.0 Å². The standard InChI is InChI=1S/C10H13NO2.C10H15NO/c1-11(2)9-5-3-8(4-6-9)7-10(12)13;1-11(2)10-5-3-9(4-6-10)7-8-12/h3-6H,7H2,1-2H3,(H,12,13);3-6,12H,7-8H2,1-2H3. The van der Waals surface area contributed by atoms with Crippen LogP contribution >= 0.6 is 0 Å². The van der Waals surface area contributed by atoms with E-state index in [0.29, 0.717) is 0 Å². The van der Waals surface area contributed by atoms with Crippen LogP contribution < -0.4 is 9.80 Å². The number of aliphatic hydroxyl groups is 1. The van der Waals surface area contributed by atoms with Gasteiger partial charge < -0.3 is 20.0 Å². The highest BCUT2D eigenvalue weighted by Gasteiger charge is 2.00. The van der Waals surface area contributed by atoms with Gasteiger partial charge in [0.15, 0.2) is 0 Å². The SMILES string of the molecule is CN(C)c1ccc(CC(=O)O)cc1.CN(C)c1ccc(CCO)cc1. The zero-order valence-corrected chi connectivity index (χ0v) is 15.4. The summed E-state index contributed by atoms with van der Waals surface area (Å²) >= 11 is 0. The van der Waals surface area contributed by atoms with Crippen LogP contribution in [0.3, 0.4) is 0 Å². The molecule has 0 bridgehead atoms. The highest BCUT2D eigenvalue weighted by atomic mass is 16.4. The molecule has 2 aromatic carbocycles. The van der Waals surface area contributed by atoms with Crippen molar-refractivity contribution in [1.29, 1.82) is 0 Å². The van der Waals surface area contributed by atoms with Gasteiger partial charge in [-0.05, 0) is 41.8 Å². The van der Waals surface area contributed by atoms with Crippen LogP contribution in [0.1, 0.15) is 11.1 Å². The Morgan fingerprint density at radius 2 is 1.20 bits per heavy atom. The van der Waals surface area contributed by atoms with Crippen molar-refractivity contribution in [3.63, 3.8) is 0 Å². The highest BCUT2D eigenvalue weighted by Crippen LogP contribution is 2.13. The molecule has 0 heterocycles. The first-order chi connectivity index (χ1) is 11.8. The number of aliphatic carboxylic acids is 1. The lowest BCUT2D eigenvalue weighted by Gasteiger charge is -2.12. The number of nitrogens with zero attached hydrogens (tertiary/aromatic N) is 2. The summed E-state index contributed by atoms with van der Waals surface area (Å²) in [5, 5.41) is 17.2. The molecule has 0 aliphatic rings. The fourth-order valence-electron chi connectivity index (χ4n) is 2.18. The van der Waals surface area contributed by atoms with Gasteiger partial charge in [-0.2, -0.15) is 0 Å². The maximum Gasteiger partial charge on any atom is 0.307 e. The minimum Gasteiger partial charge on any atom is -0.481 e. The molecule has 2 aromatic rings. The second-order valence-electron chi connectivity index (χ2n) is 6.17. The zero-order valence-electron chi connectivity index (χ0n) is 15.4. The van der Waals surface area contributed by atoms with E-state index in [1.54, 1.807) is 0 Å². The summed E-state index contributed by atoms with van der Waals surface area (Å²) in [4.78, 5) is 14.4. The van der Waals surface area contributed by atoms with Crippen LogP contribution in [0.4, 0.5) is 11.4 Å². The molecule has 5 nitrogen and oxygen atoms in total. The Balaban J connectivity index is 0.000000251. The van der Waals surface area contributed by atoms with Crippen LogP contribution in [0.2, 0.25) is 0 Å². The molecule has 0 radical (unpaired) electrons. The van der Waals surface area contributed by atoms with Crippen molar-refractivity contribution in [2.75, 3.05) is 44.6 Å². The Labute approximate surface area is 150 Å². The zero-order chi connectivity index (χ0) is 18.8. The minimum atomic E-state index is -0.794. The number of anilines is 2. The maximum absolute atomic E-state index is 10.4. The number of aliphatic hydroxyl groups excluding tert-OH is 1. The van der Waals surface area contributed by atoms with Gasteiger partial charge >= 0.3 is 5.97 Å². The van der Waals surface area contributed by atoms with E-state index in [4.69, 9.17) is 10.2 Å². The number of hydrogen-bond donors (Lipinski definition) is 2. The van der Waals surface area contributed by atoms with Crippen LogP contribution in [0.5, 0.6) is 0 Å². The average Bonchev–Trinajstić information content (AvgIpc) is 2.56. The second-order valence-corrected chi connectivity index (χ2v) is 6.17. The lowest BCUT2D eigenvalue weighted by atomic mass is 10.1. The number of carboxylic acid groups (broad SMARTS) is 1. The lowest BCUT2D eigenvalue weighted by molar-refractivity contribution is -0.136. The van der Waals surface area contributed by atoms with Crippen LogP contribution in [-0.4, -0.2) is 51.0 Å². The largest absolute Gasteiger partial charge is 0.481 e. The molecule has 0 aliphatic carbocycles. The summed E-state index contributed by atoms with van der Waals surface area (Å²) in [5.74, 6) is -0.794. The summed E-state index contributed by atoms with van der Waals surface area (Å²) in [5.41, 5.74) is 4.28. The Morgan fingerprint density at radius 3 is 1.52 bits per heavy atom. The fraction of sp³-hybridized carbons (Fsp3) is 0.350. The van der Waals surface area contributed by atoms with Crippen LogP contribution in [0.25, 0.3) is 0 Å². The van der Waals surface area contributed by atoms with Gasteiger partial charge in [0.05, 0.1) is 6.42 Å². The Morgan fingerprint density at radius 1 is 0.800 bits per heavy atom. The maximum atomic E-state index is 10.4. The first kappa shape index (κ1) is 20.5. The molecule has 2 rings (SSSR count). The van der Waals surface area contributed by atoms with E-state index in [-0.39, 0.29) is 13.0 Å². The van der Waals surface area contributed by atoms with Gasteiger partial charge in [-0.15, -0.1) is 0 Å². The van der Waals surface area contributed by atoms with E-state index in [9.17, 15) is 4.79 Å². The van der Waals surface area contributed by atoms with Gasteiger partial charge in [0.25, 0.3) is 0 Å². The topological polar surface area (TPSA) is 64.0 Å². The van der Waals surface area contributed by atoms with Gasteiger partial charge in [-0.1, -0.05) is 24.3 Å². The third-order valence-electron chi connectivity index (χ3n) is 3.66. The van der Waals surface area contributed by atoms with E-state index in [2.05, 4.69) is 17.0 Å². The highest BCUT2D eigenvalue weighted by molar-refractivity contribution is 5.70. The number of benzene rings is 2. The summed E-state index contributed by atoms with van der Waals surface area (Å²) in [6, 6.07) is 15.7. The molecule has 0 aromatic heterocycles. The number of carboxylic acids is 1. The molecule has 0 fully saturated rings. The molecule has 0 amide bonds. The van der Waals surface area contributed by atoms with E-state index in [1.807, 2.05) is 69.5 Å². The van der Waals surface area contributed by atoms with Crippen molar-refractivity contribution in [2.24, 2.45) is 0 Å². The molecule has 25 heavy (non-hydrogen) atoms. The third kappa shape index (κ3) is 7.72. The molecular weight excluding hydrogens is 316 g/mol. The fourth-order valence-corrected chi connectivity index (χ4v) is 2.18. The smallest absolute Gasteiger partial charge is 0.307 e. The predicted octanol–water partition coefficient (Wildman–Crippen LogP) is 2.67. The first-order valence-electron chi connectivity index (χ1n) is 8.18. The molecule has 0 saturated carbocycles. The summed E-state index contributed by atoms with van der Waals surface area (Å²) in [7, 11) is 7.93. The predicted molar refractivity (Wildman–Crippen MR) is 104 cm³/mol. The summed E-state index contributed by atoms with van der Waals surface area (Å²) in [6.45, 7) is 0.224. The normalized spacial score (nSPS) is 9.80. The van der Waals surface area contributed by atoms with Gasteiger partial charge in [0, 0.05) is 46.2 Å². The van der Waals surface area contributed by atoms with E-state index >= 15 is 0 Å². The van der Waals surface area contributed by atoms with Gasteiger partial charge in [0.1, 0.15) is 0 Å². The quantitative estimate of drug-likeness (QED) is 0.843. The molecule has 2 N–H and O–H groups in total. The number of rotatable bonds is 6. The summed E-state index contributed by atoms with van der Waals surface area (Å²) in [6.07, 6.45) is 0.835. The first-order valence-corrected chi connectivity index (χ1v) is 8.18. The van der Waals surface area contributed by atoms with Gasteiger partial charge in [-0.25, -0.2) is 0 Å². The van der Waals surface area contributed by atoms with E-state index in [0.717, 1.165) is 17.7 Å². The third-order valence-corrected chi connectivity index (χ3v) is 3.66. The van der Waals surface area contributed by atoms with E-state index in [1.165, 1.54) is 11.3 Å². The second kappa shape index (κ2) is 10.4. The number of hydrogen-bond acceptors (Lipinski definition) is 4. The Kier molecular flexibility index (Phi) is 8.50. The average molecular weight is 344 g/mol. The number of carbonyl (C=O) groups is 1. The van der Waals surface area contributed by atoms with Crippen molar-refractivity contribution in [2.45, 2.75) is 12.8 Å². The molecule has 5 heteroatoms. The monoisotopic (exact) mass is 344 g/mol. The van der Waals surface area contributed by atoms with Crippen LogP contribution in [0.15, 0.2) is 48.5 Å². The molecule has 0 spiro atoms. The summed E-state index contributed by atoms with van der Waals surface area (Å²) < 4.78 is 0. The van der Waals surface area contributed by atoms with Crippen molar-refractivity contribution in [1.82, 2.24) is 0 Å². The Bertz CT molecular complexity index is 635. The van der Waals surface area contributed by atoms with Crippen molar-refractivity contribution >= 4 is 17.3 Å².